The molecule has 0 saturated heterocycles. The van der Waals surface area contributed by atoms with E-state index in [4.69, 9.17) is 11.2 Å². The van der Waals surface area contributed by atoms with Crippen molar-refractivity contribution in [2.75, 3.05) is 7.11 Å². The Hall–Kier alpha value is -3.17. The number of rotatable bonds is 4. The van der Waals surface area contributed by atoms with Gasteiger partial charge in [-0.3, -0.25) is 9.59 Å². The molecule has 3 rings (SSSR count). The van der Waals surface area contributed by atoms with Crippen LogP contribution in [0, 0.1) is 12.3 Å². The van der Waals surface area contributed by atoms with Crippen LogP contribution in [0.3, 0.4) is 0 Å². The van der Waals surface area contributed by atoms with E-state index in [0.717, 1.165) is 10.2 Å². The molecule has 0 aliphatic carbocycles. The van der Waals surface area contributed by atoms with Crippen molar-refractivity contribution in [3.63, 3.8) is 0 Å². The number of carbonyl (C=O) groups is 2. The van der Waals surface area contributed by atoms with Crippen LogP contribution >= 0.6 is 11.3 Å². The number of benzene rings is 2. The van der Waals surface area contributed by atoms with Gasteiger partial charge in [-0.15, -0.1) is 6.42 Å². The highest BCUT2D eigenvalue weighted by molar-refractivity contribution is 7.16. The molecule has 0 N–H and O–H groups in total. The topological polar surface area (TPSA) is 60.7 Å². The van der Waals surface area contributed by atoms with Gasteiger partial charge in [-0.2, -0.15) is 4.99 Å². The van der Waals surface area contributed by atoms with Crippen molar-refractivity contribution in [2.45, 2.75) is 13.5 Å². The number of ketones is 1. The molecule has 6 heteroatoms. The fourth-order valence-electron chi connectivity index (χ4n) is 2.58. The maximum atomic E-state index is 12.5. The average molecular weight is 364 g/mol. The summed E-state index contributed by atoms with van der Waals surface area (Å²) in [6.07, 6.45) is 5.49. The zero-order valence-electron chi connectivity index (χ0n) is 14.4. The smallest absolute Gasteiger partial charge is 0.279 e. The molecule has 1 amide bonds. The van der Waals surface area contributed by atoms with Gasteiger partial charge in [0.1, 0.15) is 11.3 Å². The number of hydrogen-bond donors (Lipinski definition) is 0. The third-order valence-corrected chi connectivity index (χ3v) is 4.91. The maximum absolute atomic E-state index is 12.5. The molecule has 0 atom stereocenters. The summed E-state index contributed by atoms with van der Waals surface area (Å²) in [6.45, 7) is 1.75. The number of hydrogen-bond acceptors (Lipinski definition) is 4. The second-order valence-corrected chi connectivity index (χ2v) is 6.54. The summed E-state index contributed by atoms with van der Waals surface area (Å²) in [5.74, 6) is 2.82. The van der Waals surface area contributed by atoms with Crippen LogP contribution < -0.4 is 9.54 Å². The molecule has 5 nitrogen and oxygen atoms in total. The fraction of sp³-hybridized carbons (Fsp3) is 0.150. The van der Waals surface area contributed by atoms with Crippen LogP contribution in [-0.4, -0.2) is 23.4 Å². The predicted octanol–water partition coefficient (Wildman–Crippen LogP) is 3.29. The van der Waals surface area contributed by atoms with Crippen LogP contribution in [0.1, 0.15) is 27.6 Å². The molecule has 0 aliphatic rings. The first-order valence-electron chi connectivity index (χ1n) is 7.85. The molecule has 0 fully saturated rings. The molecule has 2 aromatic carbocycles. The molecule has 1 heterocycles. The molecule has 0 saturated carbocycles. The highest BCUT2D eigenvalue weighted by atomic mass is 32.1. The normalized spacial score (nSPS) is 11.3. The number of fused-ring (bicyclic) bond motifs is 1. The number of terminal acetylenes is 1. The number of thiazole rings is 1. The quantitative estimate of drug-likeness (QED) is 0.527. The Labute approximate surface area is 154 Å². The molecular weight excluding hydrogens is 348 g/mol. The summed E-state index contributed by atoms with van der Waals surface area (Å²) < 4.78 is 8.13. The second-order valence-electron chi connectivity index (χ2n) is 5.53. The van der Waals surface area contributed by atoms with Crippen molar-refractivity contribution in [1.82, 2.24) is 4.57 Å². The highest BCUT2D eigenvalue weighted by Gasteiger charge is 2.12. The van der Waals surface area contributed by atoms with E-state index < -0.39 is 5.91 Å². The lowest BCUT2D eigenvalue weighted by atomic mass is 10.1. The van der Waals surface area contributed by atoms with E-state index in [2.05, 4.69) is 10.9 Å². The van der Waals surface area contributed by atoms with Gasteiger partial charge < -0.3 is 9.30 Å². The number of Topliss-reactive ketones (excluding diaryl/α,β-unsaturated/α-hetero) is 1. The van der Waals surface area contributed by atoms with E-state index in [0.29, 0.717) is 21.7 Å². The van der Waals surface area contributed by atoms with E-state index >= 15 is 0 Å². The summed E-state index contributed by atoms with van der Waals surface area (Å²) in [6, 6.07) is 12.1. The number of carbonyl (C=O) groups excluding carboxylic acids is 2. The van der Waals surface area contributed by atoms with Crippen LogP contribution in [0.2, 0.25) is 0 Å². The third kappa shape index (κ3) is 3.30. The van der Waals surface area contributed by atoms with E-state index in [9.17, 15) is 9.59 Å². The zero-order valence-corrected chi connectivity index (χ0v) is 15.2. The Kier molecular flexibility index (Phi) is 5.01. The maximum Gasteiger partial charge on any atom is 0.279 e. The minimum atomic E-state index is -0.392. The summed E-state index contributed by atoms with van der Waals surface area (Å²) in [7, 11) is 1.59. The molecule has 0 radical (unpaired) electrons. The number of ether oxygens (including phenoxy) is 1. The van der Waals surface area contributed by atoms with E-state index in [1.165, 1.54) is 18.3 Å². The van der Waals surface area contributed by atoms with Gasteiger partial charge in [0.2, 0.25) is 0 Å². The Bertz CT molecular complexity index is 1100. The summed E-state index contributed by atoms with van der Waals surface area (Å²) >= 11 is 1.37. The van der Waals surface area contributed by atoms with Gasteiger partial charge in [-0.1, -0.05) is 35.5 Å². The van der Waals surface area contributed by atoms with Crippen molar-refractivity contribution >= 4 is 33.2 Å². The minimum absolute atomic E-state index is 0.0515. The molecule has 0 spiro atoms. The van der Waals surface area contributed by atoms with E-state index in [1.54, 1.807) is 35.9 Å². The molecule has 3 aromatic rings. The molecular formula is C20H16N2O3S. The monoisotopic (exact) mass is 364 g/mol. The minimum Gasteiger partial charge on any atom is -0.495 e. The molecule has 0 unspecified atom stereocenters. The summed E-state index contributed by atoms with van der Waals surface area (Å²) in [4.78, 5) is 28.6. The van der Waals surface area contributed by atoms with Crippen LogP contribution in [0.4, 0.5) is 0 Å². The zero-order chi connectivity index (χ0) is 18.7. The Morgan fingerprint density at radius 2 is 1.88 bits per heavy atom. The SMILES string of the molecule is C#CCn1c(=NC(=O)c2ccc(C(C)=O)cc2)sc2cccc(OC)c21. The van der Waals surface area contributed by atoms with Gasteiger partial charge in [0.25, 0.3) is 5.91 Å². The Morgan fingerprint density at radius 1 is 1.19 bits per heavy atom. The van der Waals surface area contributed by atoms with Crippen LogP contribution in [-0.2, 0) is 6.54 Å². The lowest BCUT2D eigenvalue weighted by Crippen LogP contribution is -2.16. The van der Waals surface area contributed by atoms with Crippen molar-refractivity contribution in [3.8, 4) is 18.1 Å². The van der Waals surface area contributed by atoms with Gasteiger partial charge in [0.15, 0.2) is 10.6 Å². The average Bonchev–Trinajstić information content (AvgIpc) is 2.99. The van der Waals surface area contributed by atoms with Crippen molar-refractivity contribution in [3.05, 3.63) is 58.4 Å². The summed E-state index contributed by atoms with van der Waals surface area (Å²) in [5, 5.41) is 0. The number of amides is 1. The van der Waals surface area contributed by atoms with Crippen LogP contribution in [0.15, 0.2) is 47.5 Å². The van der Waals surface area contributed by atoms with Gasteiger partial charge in [-0.25, -0.2) is 0 Å². The first kappa shape index (κ1) is 17.6. The van der Waals surface area contributed by atoms with Crippen LogP contribution in [0.5, 0.6) is 5.75 Å². The standard InChI is InChI=1S/C20H16N2O3S/c1-4-12-22-18-16(25-3)6-5-7-17(18)26-20(22)21-19(24)15-10-8-14(9-11-15)13(2)23/h1,5-11H,12H2,2-3H3. The predicted molar refractivity (Wildman–Crippen MR) is 102 cm³/mol. The number of nitrogens with zero attached hydrogens (tertiary/aromatic N) is 2. The Balaban J connectivity index is 2.11. The molecule has 0 bridgehead atoms. The first-order valence-corrected chi connectivity index (χ1v) is 8.66. The number of para-hydroxylation sites is 1. The summed E-state index contributed by atoms with van der Waals surface area (Å²) in [5.41, 5.74) is 1.78. The van der Waals surface area contributed by atoms with Crippen molar-refractivity contribution < 1.29 is 14.3 Å². The number of methoxy groups -OCH3 is 1. The van der Waals surface area contributed by atoms with Gasteiger partial charge >= 0.3 is 0 Å². The van der Waals surface area contributed by atoms with E-state index in [-0.39, 0.29) is 12.3 Å². The number of aromatic nitrogens is 1. The van der Waals surface area contributed by atoms with Gasteiger partial charge in [-0.05, 0) is 31.2 Å². The second kappa shape index (κ2) is 7.38. The van der Waals surface area contributed by atoms with Crippen molar-refractivity contribution in [2.24, 2.45) is 4.99 Å². The molecule has 1 aromatic heterocycles. The highest BCUT2D eigenvalue weighted by Crippen LogP contribution is 2.27. The third-order valence-electron chi connectivity index (χ3n) is 3.87. The first-order chi connectivity index (χ1) is 12.5. The Morgan fingerprint density at radius 3 is 2.50 bits per heavy atom. The fourth-order valence-corrected chi connectivity index (χ4v) is 3.63. The molecule has 26 heavy (non-hydrogen) atoms. The van der Waals surface area contributed by atoms with Gasteiger partial charge in [0.05, 0.1) is 18.4 Å². The largest absolute Gasteiger partial charge is 0.495 e. The van der Waals surface area contributed by atoms with E-state index in [1.807, 2.05) is 18.2 Å². The van der Waals surface area contributed by atoms with Crippen LogP contribution in [0.25, 0.3) is 10.2 Å². The lowest BCUT2D eigenvalue weighted by Gasteiger charge is -2.05. The van der Waals surface area contributed by atoms with Crippen molar-refractivity contribution in [1.29, 1.82) is 0 Å². The molecule has 0 aliphatic heterocycles. The van der Waals surface area contributed by atoms with Gasteiger partial charge in [0, 0.05) is 11.1 Å². The lowest BCUT2D eigenvalue weighted by molar-refractivity contribution is 0.0991. The molecule has 130 valence electrons.